The van der Waals surface area contributed by atoms with Gasteiger partial charge >= 0.3 is 6.09 Å². The molecule has 0 bridgehead atoms. The van der Waals surface area contributed by atoms with Gasteiger partial charge in [0.05, 0.1) is 11.9 Å². The highest BCUT2D eigenvalue weighted by Gasteiger charge is 2.31. The van der Waals surface area contributed by atoms with Crippen LogP contribution in [0.1, 0.15) is 13.8 Å². The molecule has 1 amide bonds. The van der Waals surface area contributed by atoms with E-state index >= 15 is 0 Å². The summed E-state index contributed by atoms with van der Waals surface area (Å²) >= 11 is 3.38. The number of aromatic nitrogens is 2. The van der Waals surface area contributed by atoms with Gasteiger partial charge in [0.25, 0.3) is 5.56 Å². The van der Waals surface area contributed by atoms with Gasteiger partial charge in [0, 0.05) is 42.9 Å². The second kappa shape index (κ2) is 7.59. The second-order valence-corrected chi connectivity index (χ2v) is 7.72. The quantitative estimate of drug-likeness (QED) is 0.769. The van der Waals surface area contributed by atoms with Crippen molar-refractivity contribution in [2.45, 2.75) is 25.9 Å². The number of hydrogen-bond donors (Lipinski definition) is 2. The summed E-state index contributed by atoms with van der Waals surface area (Å²) in [6, 6.07) is 5.55. The van der Waals surface area contributed by atoms with Crippen LogP contribution in [-0.4, -0.2) is 50.8 Å². The van der Waals surface area contributed by atoms with Crippen molar-refractivity contribution >= 4 is 39.2 Å². The molecule has 1 saturated heterocycles. The van der Waals surface area contributed by atoms with Crippen LogP contribution in [0.3, 0.4) is 0 Å². The number of nitrogens with one attached hydrogen (secondary N) is 1. The zero-order valence-electron chi connectivity index (χ0n) is 15.4. The monoisotopic (exact) mass is 435 g/mol. The molecule has 1 aliphatic heterocycles. The van der Waals surface area contributed by atoms with Crippen LogP contribution in [0.25, 0.3) is 0 Å². The molecule has 0 aromatic carbocycles. The molecule has 2 aromatic heterocycles. The molecule has 1 fully saturated rings. The lowest BCUT2D eigenvalue weighted by Gasteiger charge is -2.44. The third-order valence-electron chi connectivity index (χ3n) is 4.65. The van der Waals surface area contributed by atoms with Crippen molar-refractivity contribution < 1.29 is 9.90 Å². The Bertz CT molecular complexity index is 887. The Kier molecular flexibility index (Phi) is 5.41. The first-order valence-corrected chi connectivity index (χ1v) is 9.41. The van der Waals surface area contributed by atoms with Gasteiger partial charge in [-0.1, -0.05) is 0 Å². The maximum atomic E-state index is 12.2. The van der Waals surface area contributed by atoms with Crippen molar-refractivity contribution in [1.82, 2.24) is 14.5 Å². The Morgan fingerprint density at radius 3 is 2.52 bits per heavy atom. The van der Waals surface area contributed by atoms with E-state index in [1.165, 1.54) is 9.47 Å². The van der Waals surface area contributed by atoms with Gasteiger partial charge < -0.3 is 24.8 Å². The lowest BCUT2D eigenvalue weighted by molar-refractivity contribution is 0.128. The highest BCUT2D eigenvalue weighted by atomic mass is 79.9. The number of pyridine rings is 2. The van der Waals surface area contributed by atoms with Crippen molar-refractivity contribution in [2.75, 3.05) is 23.3 Å². The standard InChI is InChI=1S/C18H22BrN5O3/c1-11-8-23(18(26)27)9-12(2)24(11)14-4-5-16(20-7-14)21-15-6-13(19)10-22(3)17(15)25/h4-7,10-12H,8-9H2,1-3H3,(H,20,21)(H,26,27)/t11-,12?/m0/s1. The Morgan fingerprint density at radius 2 is 1.96 bits per heavy atom. The molecule has 0 saturated carbocycles. The number of carbonyl (C=O) groups is 1. The van der Waals surface area contributed by atoms with Crippen LogP contribution in [0.5, 0.6) is 0 Å². The summed E-state index contributed by atoms with van der Waals surface area (Å²) in [4.78, 5) is 31.5. The Hall–Kier alpha value is -2.55. The molecule has 2 N–H and O–H groups in total. The summed E-state index contributed by atoms with van der Waals surface area (Å²) < 4.78 is 2.29. The number of amides is 1. The highest BCUT2D eigenvalue weighted by molar-refractivity contribution is 9.10. The number of anilines is 3. The molecule has 144 valence electrons. The molecule has 2 aromatic rings. The van der Waals surface area contributed by atoms with E-state index in [1.807, 2.05) is 26.0 Å². The molecule has 1 unspecified atom stereocenters. The summed E-state index contributed by atoms with van der Waals surface area (Å²) in [6.45, 7) is 4.91. The summed E-state index contributed by atoms with van der Waals surface area (Å²) in [5.74, 6) is 0.568. The fourth-order valence-electron chi connectivity index (χ4n) is 3.50. The summed E-state index contributed by atoms with van der Waals surface area (Å²) in [7, 11) is 1.69. The Labute approximate surface area is 165 Å². The van der Waals surface area contributed by atoms with E-state index in [4.69, 9.17) is 0 Å². The zero-order valence-corrected chi connectivity index (χ0v) is 17.0. The maximum absolute atomic E-state index is 12.2. The summed E-state index contributed by atoms with van der Waals surface area (Å²) in [6.07, 6.45) is 2.55. The van der Waals surface area contributed by atoms with Crippen LogP contribution in [0.2, 0.25) is 0 Å². The minimum Gasteiger partial charge on any atom is -0.465 e. The molecule has 3 rings (SSSR count). The molecule has 0 radical (unpaired) electrons. The van der Waals surface area contributed by atoms with Gasteiger partial charge in [0.1, 0.15) is 11.5 Å². The van der Waals surface area contributed by atoms with Gasteiger partial charge in [-0.3, -0.25) is 4.79 Å². The normalized spacial score (nSPS) is 19.9. The van der Waals surface area contributed by atoms with E-state index in [2.05, 4.69) is 31.1 Å². The average molecular weight is 436 g/mol. The number of piperazine rings is 1. The van der Waals surface area contributed by atoms with Crippen LogP contribution in [-0.2, 0) is 7.05 Å². The van der Waals surface area contributed by atoms with Crippen LogP contribution in [0, 0.1) is 0 Å². The van der Waals surface area contributed by atoms with Crippen molar-refractivity contribution in [3.8, 4) is 0 Å². The predicted octanol–water partition coefficient (Wildman–Crippen LogP) is 2.86. The number of rotatable bonds is 3. The molecule has 8 nitrogen and oxygen atoms in total. The lowest BCUT2D eigenvalue weighted by Crippen LogP contribution is -2.58. The minimum absolute atomic E-state index is 0.0443. The second-order valence-electron chi connectivity index (χ2n) is 6.81. The molecule has 3 heterocycles. The van der Waals surface area contributed by atoms with Crippen LogP contribution in [0.4, 0.5) is 22.0 Å². The predicted molar refractivity (Wildman–Crippen MR) is 108 cm³/mol. The molecular weight excluding hydrogens is 414 g/mol. The summed E-state index contributed by atoms with van der Waals surface area (Å²) in [5.41, 5.74) is 1.22. The first-order chi connectivity index (χ1) is 12.8. The van der Waals surface area contributed by atoms with Gasteiger partial charge in [-0.25, -0.2) is 9.78 Å². The van der Waals surface area contributed by atoms with Gasteiger partial charge in [-0.2, -0.15) is 0 Å². The van der Waals surface area contributed by atoms with E-state index in [1.54, 1.807) is 25.5 Å². The van der Waals surface area contributed by atoms with E-state index in [-0.39, 0.29) is 17.6 Å². The van der Waals surface area contributed by atoms with Crippen molar-refractivity contribution in [1.29, 1.82) is 0 Å². The fourth-order valence-corrected chi connectivity index (χ4v) is 4.03. The zero-order chi connectivity index (χ0) is 19.7. The number of aryl methyl sites for hydroxylation is 1. The number of hydrogen-bond acceptors (Lipinski definition) is 5. The van der Waals surface area contributed by atoms with Crippen LogP contribution in [0.15, 0.2) is 39.9 Å². The average Bonchev–Trinajstić information content (AvgIpc) is 2.60. The van der Waals surface area contributed by atoms with Gasteiger partial charge in [0.2, 0.25) is 0 Å². The van der Waals surface area contributed by atoms with E-state index in [0.29, 0.717) is 24.6 Å². The highest BCUT2D eigenvalue weighted by Crippen LogP contribution is 2.25. The topological polar surface area (TPSA) is 90.7 Å². The molecule has 1 aliphatic rings. The lowest BCUT2D eigenvalue weighted by atomic mass is 10.1. The SMILES string of the molecule is CC1CN(C(=O)O)C[C@H](C)N1c1ccc(Nc2cc(Br)cn(C)c2=O)nc1. The fraction of sp³-hybridized carbons (Fsp3) is 0.389. The van der Waals surface area contributed by atoms with Gasteiger partial charge in [-0.05, 0) is 48.0 Å². The molecule has 0 aliphatic carbocycles. The first kappa shape index (κ1) is 19.2. The number of carboxylic acid groups (broad SMARTS) is 1. The van der Waals surface area contributed by atoms with E-state index in [9.17, 15) is 14.7 Å². The Balaban J connectivity index is 1.78. The molecular formula is C18H22BrN5O3. The molecule has 9 heteroatoms. The molecule has 27 heavy (non-hydrogen) atoms. The van der Waals surface area contributed by atoms with Crippen molar-refractivity contribution in [2.24, 2.45) is 7.05 Å². The largest absolute Gasteiger partial charge is 0.465 e. The Morgan fingerprint density at radius 1 is 1.30 bits per heavy atom. The van der Waals surface area contributed by atoms with E-state index in [0.717, 1.165) is 10.2 Å². The third kappa shape index (κ3) is 4.08. The van der Waals surface area contributed by atoms with Crippen LogP contribution < -0.4 is 15.8 Å². The molecule has 2 atom stereocenters. The van der Waals surface area contributed by atoms with E-state index < -0.39 is 6.09 Å². The van der Waals surface area contributed by atoms with Gasteiger partial charge in [-0.15, -0.1) is 0 Å². The number of halogens is 1. The summed E-state index contributed by atoms with van der Waals surface area (Å²) in [5, 5.41) is 12.3. The molecule has 0 spiro atoms. The minimum atomic E-state index is -0.887. The van der Waals surface area contributed by atoms with Crippen LogP contribution >= 0.6 is 15.9 Å². The maximum Gasteiger partial charge on any atom is 0.407 e. The van der Waals surface area contributed by atoms with Crippen molar-refractivity contribution in [3.63, 3.8) is 0 Å². The van der Waals surface area contributed by atoms with Crippen molar-refractivity contribution in [3.05, 3.63) is 45.4 Å². The number of nitrogens with zero attached hydrogens (tertiary/aromatic N) is 4. The third-order valence-corrected chi connectivity index (χ3v) is 5.08. The smallest absolute Gasteiger partial charge is 0.407 e. The van der Waals surface area contributed by atoms with Gasteiger partial charge in [0.15, 0.2) is 0 Å². The first-order valence-electron chi connectivity index (χ1n) is 8.61.